The number of nitrogens with zero attached hydrogens (tertiary/aromatic N) is 4. The van der Waals surface area contributed by atoms with Crippen molar-refractivity contribution in [1.29, 1.82) is 0 Å². The number of carbonyl (C=O) groups excluding carboxylic acids is 1. The van der Waals surface area contributed by atoms with E-state index in [0.29, 0.717) is 34.8 Å². The highest BCUT2D eigenvalue weighted by Gasteiger charge is 2.20. The minimum Gasteiger partial charge on any atom is -0.386 e. The summed E-state index contributed by atoms with van der Waals surface area (Å²) in [7, 11) is 1.83. The Morgan fingerprint density at radius 2 is 1.94 bits per heavy atom. The standard InChI is InChI=1S/C25H27N7O2/c1-5-15(3)28-17-11-10-16(13-20(17)26-4)19-14-22(34)32-25(29-19)23(18-9-7-8-12-27-18)24(31-32)30-21(33)6-2/h7-14,26,31H,5-6H2,1-4H3,(H,30,33). The first-order valence-corrected chi connectivity index (χ1v) is 11.2. The summed E-state index contributed by atoms with van der Waals surface area (Å²) in [6.07, 6.45) is 2.81. The van der Waals surface area contributed by atoms with Crippen molar-refractivity contribution in [2.75, 3.05) is 17.7 Å². The lowest BCUT2D eigenvalue weighted by Gasteiger charge is -2.09. The second kappa shape index (κ2) is 9.70. The van der Waals surface area contributed by atoms with Gasteiger partial charge >= 0.3 is 0 Å². The van der Waals surface area contributed by atoms with Gasteiger partial charge in [-0.05, 0) is 37.6 Å². The molecule has 0 aliphatic heterocycles. The molecule has 3 N–H and O–H groups in total. The zero-order chi connectivity index (χ0) is 24.2. The molecule has 174 valence electrons. The number of aliphatic imine (C=N–C) groups is 1. The van der Waals surface area contributed by atoms with Gasteiger partial charge in [-0.25, -0.2) is 4.98 Å². The lowest BCUT2D eigenvalue weighted by atomic mass is 10.1. The van der Waals surface area contributed by atoms with E-state index in [9.17, 15) is 9.59 Å². The normalized spacial score (nSPS) is 11.6. The molecule has 4 aromatic rings. The van der Waals surface area contributed by atoms with E-state index in [4.69, 9.17) is 4.98 Å². The third-order valence-corrected chi connectivity index (χ3v) is 5.51. The SMILES string of the molecule is CCC(=O)Nc1[nH]n2c(=O)cc(-c3ccc(N=C(C)CC)c(NC)c3)nc2c1-c1ccccn1. The van der Waals surface area contributed by atoms with Gasteiger partial charge < -0.3 is 10.6 Å². The molecule has 0 radical (unpaired) electrons. The summed E-state index contributed by atoms with van der Waals surface area (Å²) in [4.78, 5) is 39.1. The second-order valence-electron chi connectivity index (χ2n) is 7.80. The largest absolute Gasteiger partial charge is 0.386 e. The van der Waals surface area contributed by atoms with E-state index in [1.165, 1.54) is 10.6 Å². The molecule has 9 heteroatoms. The summed E-state index contributed by atoms with van der Waals surface area (Å²) in [5.41, 5.74) is 5.18. The maximum absolute atomic E-state index is 13.1. The van der Waals surface area contributed by atoms with Gasteiger partial charge in [-0.15, -0.1) is 0 Å². The molecule has 1 amide bonds. The molecule has 0 saturated heterocycles. The summed E-state index contributed by atoms with van der Waals surface area (Å²) < 4.78 is 1.32. The topological polar surface area (TPSA) is 117 Å². The van der Waals surface area contributed by atoms with Crippen LogP contribution in [0.15, 0.2) is 58.4 Å². The second-order valence-corrected chi connectivity index (χ2v) is 7.80. The number of aromatic amines is 1. The third-order valence-electron chi connectivity index (χ3n) is 5.51. The number of rotatable bonds is 7. The molecule has 0 fully saturated rings. The van der Waals surface area contributed by atoms with Gasteiger partial charge in [-0.3, -0.25) is 24.7 Å². The maximum Gasteiger partial charge on any atom is 0.273 e. The molecule has 3 heterocycles. The van der Waals surface area contributed by atoms with Crippen molar-refractivity contribution in [1.82, 2.24) is 19.6 Å². The Kier molecular flexibility index (Phi) is 6.53. The highest BCUT2D eigenvalue weighted by atomic mass is 16.2. The number of carbonyl (C=O) groups is 1. The molecule has 9 nitrogen and oxygen atoms in total. The zero-order valence-electron chi connectivity index (χ0n) is 19.6. The zero-order valence-corrected chi connectivity index (χ0v) is 19.6. The fourth-order valence-electron chi connectivity index (χ4n) is 3.53. The number of nitrogens with one attached hydrogen (secondary N) is 3. The van der Waals surface area contributed by atoms with Crippen LogP contribution in [0.4, 0.5) is 17.2 Å². The van der Waals surface area contributed by atoms with Crippen molar-refractivity contribution >= 4 is 34.5 Å². The van der Waals surface area contributed by atoms with Gasteiger partial charge in [0.15, 0.2) is 5.65 Å². The van der Waals surface area contributed by atoms with Gasteiger partial charge in [0.05, 0.1) is 28.3 Å². The summed E-state index contributed by atoms with van der Waals surface area (Å²) in [6.45, 7) is 5.81. The predicted molar refractivity (Wildman–Crippen MR) is 136 cm³/mol. The van der Waals surface area contributed by atoms with Gasteiger partial charge in [-0.1, -0.05) is 26.0 Å². The van der Waals surface area contributed by atoms with Crippen molar-refractivity contribution in [3.05, 3.63) is 59.0 Å². The summed E-state index contributed by atoms with van der Waals surface area (Å²) >= 11 is 0. The molecule has 0 bridgehead atoms. The van der Waals surface area contributed by atoms with Gasteiger partial charge in [0.1, 0.15) is 5.82 Å². The first kappa shape index (κ1) is 22.9. The van der Waals surface area contributed by atoms with Crippen LogP contribution in [0.5, 0.6) is 0 Å². The van der Waals surface area contributed by atoms with E-state index < -0.39 is 0 Å². The fraction of sp³-hybridized carbons (Fsp3) is 0.240. The summed E-state index contributed by atoms with van der Waals surface area (Å²) in [5.74, 6) is 0.192. The quantitative estimate of drug-likeness (QED) is 0.350. The van der Waals surface area contributed by atoms with Crippen LogP contribution in [-0.2, 0) is 4.79 Å². The van der Waals surface area contributed by atoms with E-state index in [1.54, 1.807) is 19.2 Å². The molecule has 0 unspecified atom stereocenters. The summed E-state index contributed by atoms with van der Waals surface area (Å²) in [6, 6.07) is 12.7. The van der Waals surface area contributed by atoms with Crippen LogP contribution >= 0.6 is 0 Å². The molecule has 0 atom stereocenters. The van der Waals surface area contributed by atoms with E-state index in [0.717, 1.165) is 29.1 Å². The summed E-state index contributed by atoms with van der Waals surface area (Å²) in [5, 5.41) is 8.97. The number of pyridine rings is 1. The highest BCUT2D eigenvalue weighted by Crippen LogP contribution is 2.33. The number of anilines is 2. The van der Waals surface area contributed by atoms with Crippen molar-refractivity contribution in [2.24, 2.45) is 4.99 Å². The van der Waals surface area contributed by atoms with Crippen molar-refractivity contribution in [3.63, 3.8) is 0 Å². The Labute approximate surface area is 197 Å². The van der Waals surface area contributed by atoms with Crippen molar-refractivity contribution < 1.29 is 4.79 Å². The Morgan fingerprint density at radius 3 is 2.62 bits per heavy atom. The predicted octanol–water partition coefficient (Wildman–Crippen LogP) is 4.64. The van der Waals surface area contributed by atoms with Crippen LogP contribution in [0.1, 0.15) is 33.6 Å². The highest BCUT2D eigenvalue weighted by molar-refractivity contribution is 5.97. The molecule has 1 aromatic carbocycles. The average molecular weight is 458 g/mol. The van der Waals surface area contributed by atoms with Crippen molar-refractivity contribution in [3.8, 4) is 22.5 Å². The Morgan fingerprint density at radius 1 is 1.12 bits per heavy atom. The smallest absolute Gasteiger partial charge is 0.273 e. The van der Waals surface area contributed by atoms with Crippen LogP contribution in [0, 0.1) is 0 Å². The van der Waals surface area contributed by atoms with E-state index >= 15 is 0 Å². The van der Waals surface area contributed by atoms with Crippen LogP contribution in [0.25, 0.3) is 28.2 Å². The van der Waals surface area contributed by atoms with Gasteiger partial charge in [0, 0.05) is 37.0 Å². The molecular weight excluding hydrogens is 430 g/mol. The molecule has 0 spiro atoms. The molecule has 3 aromatic heterocycles. The number of benzene rings is 1. The van der Waals surface area contributed by atoms with Crippen LogP contribution in [0.3, 0.4) is 0 Å². The van der Waals surface area contributed by atoms with Gasteiger partial charge in [0.2, 0.25) is 5.91 Å². The molecular formula is C25H27N7O2. The van der Waals surface area contributed by atoms with Crippen LogP contribution in [-0.4, -0.2) is 38.2 Å². The number of amides is 1. The van der Waals surface area contributed by atoms with Gasteiger partial charge in [0.25, 0.3) is 5.56 Å². The molecule has 0 aliphatic carbocycles. The van der Waals surface area contributed by atoms with E-state index in [-0.39, 0.29) is 11.5 Å². The van der Waals surface area contributed by atoms with E-state index in [2.05, 4.69) is 32.6 Å². The third kappa shape index (κ3) is 4.45. The maximum atomic E-state index is 13.1. The first-order chi connectivity index (χ1) is 16.4. The minimum absolute atomic E-state index is 0.186. The average Bonchev–Trinajstić information content (AvgIpc) is 3.22. The number of hydrogen-bond donors (Lipinski definition) is 3. The number of fused-ring (bicyclic) bond motifs is 1. The Bertz CT molecular complexity index is 1440. The lowest BCUT2D eigenvalue weighted by molar-refractivity contribution is -0.115. The molecule has 0 saturated carbocycles. The van der Waals surface area contributed by atoms with Crippen LogP contribution in [0.2, 0.25) is 0 Å². The van der Waals surface area contributed by atoms with Gasteiger partial charge in [-0.2, -0.15) is 4.52 Å². The lowest BCUT2D eigenvalue weighted by Crippen LogP contribution is -2.15. The van der Waals surface area contributed by atoms with Crippen LogP contribution < -0.4 is 16.2 Å². The van der Waals surface area contributed by atoms with Crippen molar-refractivity contribution in [2.45, 2.75) is 33.6 Å². The molecule has 0 aliphatic rings. The first-order valence-electron chi connectivity index (χ1n) is 11.2. The number of hydrogen-bond acceptors (Lipinski definition) is 6. The number of aromatic nitrogens is 4. The van der Waals surface area contributed by atoms with E-state index in [1.807, 2.05) is 44.3 Å². The minimum atomic E-state index is -0.302. The Hall–Kier alpha value is -4.27. The monoisotopic (exact) mass is 457 g/mol. The molecule has 34 heavy (non-hydrogen) atoms. The fourth-order valence-corrected chi connectivity index (χ4v) is 3.53. The Balaban J connectivity index is 1.91. The molecule has 4 rings (SSSR count). The number of H-pyrrole nitrogens is 1.